The fourth-order valence-corrected chi connectivity index (χ4v) is 1.69. The molecule has 0 saturated carbocycles. The summed E-state index contributed by atoms with van der Waals surface area (Å²) in [5, 5.41) is 3.23. The second-order valence-corrected chi connectivity index (χ2v) is 3.77. The van der Waals surface area contributed by atoms with Crippen LogP contribution in [0.3, 0.4) is 0 Å². The lowest BCUT2D eigenvalue weighted by Gasteiger charge is -2.29. The third-order valence-electron chi connectivity index (χ3n) is 2.53. The van der Waals surface area contributed by atoms with Crippen LogP contribution in [0.2, 0.25) is 0 Å². The fraction of sp³-hybridized carbons (Fsp3) is 0.214. The van der Waals surface area contributed by atoms with E-state index < -0.39 is 0 Å². The van der Waals surface area contributed by atoms with Crippen molar-refractivity contribution in [1.29, 1.82) is 0 Å². The van der Waals surface area contributed by atoms with Gasteiger partial charge >= 0.3 is 0 Å². The first-order chi connectivity index (χ1) is 8.74. The van der Waals surface area contributed by atoms with Gasteiger partial charge in [0.1, 0.15) is 11.8 Å². The topological polar surface area (TPSA) is 47.6 Å². The van der Waals surface area contributed by atoms with Crippen LogP contribution in [0, 0.1) is 0 Å². The van der Waals surface area contributed by atoms with E-state index in [0.29, 0.717) is 18.1 Å². The number of hydrogen-bond acceptors (Lipinski definition) is 4. The molecule has 18 heavy (non-hydrogen) atoms. The maximum atomic E-state index is 11.3. The first kappa shape index (κ1) is 12.2. The van der Waals surface area contributed by atoms with Gasteiger partial charge in [0.15, 0.2) is 11.5 Å². The van der Waals surface area contributed by atoms with Crippen molar-refractivity contribution in [2.24, 2.45) is 0 Å². The molecule has 4 heteroatoms. The normalized spacial score (nSPS) is 22.2. The van der Waals surface area contributed by atoms with Crippen molar-refractivity contribution in [3.8, 4) is 0 Å². The monoisotopic (exact) mass is 245 g/mol. The molecule has 2 rings (SSSR count). The molecule has 0 radical (unpaired) electrons. The van der Waals surface area contributed by atoms with Crippen molar-refractivity contribution in [3.63, 3.8) is 0 Å². The number of carbonyl (C=O) groups is 1. The molecule has 2 aliphatic rings. The summed E-state index contributed by atoms with van der Waals surface area (Å²) in [6.45, 7) is 6.22. The van der Waals surface area contributed by atoms with Gasteiger partial charge in [0.2, 0.25) is 0 Å². The zero-order valence-electron chi connectivity index (χ0n) is 10.2. The van der Waals surface area contributed by atoms with E-state index in [1.165, 1.54) is 12.2 Å². The van der Waals surface area contributed by atoms with Crippen LogP contribution >= 0.6 is 0 Å². The van der Waals surface area contributed by atoms with Gasteiger partial charge in [-0.25, -0.2) is 0 Å². The van der Waals surface area contributed by atoms with E-state index in [1.807, 2.05) is 6.92 Å². The Hall–Kier alpha value is -2.23. The molecule has 0 aromatic carbocycles. The quantitative estimate of drug-likeness (QED) is 0.769. The van der Waals surface area contributed by atoms with Crippen LogP contribution in [-0.2, 0) is 14.3 Å². The summed E-state index contributed by atoms with van der Waals surface area (Å²) >= 11 is 0. The lowest BCUT2D eigenvalue weighted by atomic mass is 10.1. The summed E-state index contributed by atoms with van der Waals surface area (Å²) in [4.78, 5) is 11.3. The molecule has 1 atom stereocenters. The standard InChI is InChI=1S/C14H15NO3/c1-3-11-13(7-8-17-4-2)18-14-9-10(16)5-6-12(14)15-11/h3,5-9,12,15H,1,4H2,2H3/b8-7+. The minimum atomic E-state index is -0.111. The summed E-state index contributed by atoms with van der Waals surface area (Å²) in [6.07, 6.45) is 9.70. The van der Waals surface area contributed by atoms with Gasteiger partial charge in [0, 0.05) is 12.2 Å². The van der Waals surface area contributed by atoms with Gasteiger partial charge in [-0.05, 0) is 19.1 Å². The van der Waals surface area contributed by atoms with Crippen LogP contribution < -0.4 is 5.32 Å². The Morgan fingerprint density at radius 2 is 2.44 bits per heavy atom. The number of rotatable bonds is 4. The summed E-state index contributed by atoms with van der Waals surface area (Å²) in [5.74, 6) is 1.10. The third kappa shape index (κ3) is 2.53. The van der Waals surface area contributed by atoms with Crippen molar-refractivity contribution in [2.45, 2.75) is 13.0 Å². The van der Waals surface area contributed by atoms with Crippen molar-refractivity contribution < 1.29 is 14.3 Å². The van der Waals surface area contributed by atoms with Crippen LogP contribution in [0.4, 0.5) is 0 Å². The minimum Gasteiger partial charge on any atom is -0.501 e. The number of allylic oxidation sites excluding steroid dienone is 4. The number of ether oxygens (including phenoxy) is 2. The molecule has 0 aromatic heterocycles. The molecule has 0 spiro atoms. The van der Waals surface area contributed by atoms with Crippen LogP contribution in [-0.4, -0.2) is 18.4 Å². The van der Waals surface area contributed by atoms with Crippen LogP contribution in [0.25, 0.3) is 0 Å². The predicted molar refractivity (Wildman–Crippen MR) is 68.2 cm³/mol. The average Bonchev–Trinajstić information content (AvgIpc) is 2.38. The maximum absolute atomic E-state index is 11.3. The molecule has 0 fully saturated rings. The summed E-state index contributed by atoms with van der Waals surface area (Å²) in [6, 6.07) is -0.111. The van der Waals surface area contributed by atoms with Gasteiger partial charge in [-0.2, -0.15) is 0 Å². The number of fused-ring (bicyclic) bond motifs is 1. The van der Waals surface area contributed by atoms with Gasteiger partial charge in [0.25, 0.3) is 0 Å². The zero-order valence-corrected chi connectivity index (χ0v) is 10.2. The van der Waals surface area contributed by atoms with Crippen LogP contribution in [0.1, 0.15) is 6.92 Å². The highest BCUT2D eigenvalue weighted by Gasteiger charge is 2.25. The Kier molecular flexibility index (Phi) is 3.67. The second kappa shape index (κ2) is 5.40. The molecule has 0 bridgehead atoms. The van der Waals surface area contributed by atoms with Crippen molar-refractivity contribution >= 4 is 5.78 Å². The van der Waals surface area contributed by atoms with E-state index in [4.69, 9.17) is 9.47 Å². The molecule has 94 valence electrons. The highest BCUT2D eigenvalue weighted by atomic mass is 16.5. The number of ketones is 1. The fourth-order valence-electron chi connectivity index (χ4n) is 1.69. The van der Waals surface area contributed by atoms with Crippen LogP contribution in [0.15, 0.2) is 60.4 Å². The van der Waals surface area contributed by atoms with Gasteiger partial charge in [-0.1, -0.05) is 12.7 Å². The Balaban J connectivity index is 2.24. The second-order valence-electron chi connectivity index (χ2n) is 3.77. The summed E-state index contributed by atoms with van der Waals surface area (Å²) < 4.78 is 10.8. The Morgan fingerprint density at radius 3 is 3.17 bits per heavy atom. The largest absolute Gasteiger partial charge is 0.501 e. The molecule has 4 nitrogen and oxygen atoms in total. The molecule has 0 aromatic rings. The Morgan fingerprint density at radius 1 is 1.61 bits per heavy atom. The molecule has 0 amide bonds. The van der Waals surface area contributed by atoms with E-state index in [1.54, 1.807) is 24.5 Å². The number of hydrogen-bond donors (Lipinski definition) is 1. The molecule has 1 unspecified atom stereocenters. The molecule has 0 saturated heterocycles. The molecular formula is C14H15NO3. The molecular weight excluding hydrogens is 230 g/mol. The van der Waals surface area contributed by atoms with E-state index in [0.717, 1.165) is 5.70 Å². The highest BCUT2D eigenvalue weighted by Crippen LogP contribution is 2.24. The van der Waals surface area contributed by atoms with Gasteiger partial charge in [-0.15, -0.1) is 0 Å². The van der Waals surface area contributed by atoms with Gasteiger partial charge in [0.05, 0.1) is 18.6 Å². The lowest BCUT2D eigenvalue weighted by Crippen LogP contribution is -2.35. The van der Waals surface area contributed by atoms with Crippen LogP contribution in [0.5, 0.6) is 0 Å². The summed E-state index contributed by atoms with van der Waals surface area (Å²) in [5.41, 5.74) is 0.770. The maximum Gasteiger partial charge on any atom is 0.181 e. The average molecular weight is 245 g/mol. The smallest absolute Gasteiger partial charge is 0.181 e. The van der Waals surface area contributed by atoms with E-state index in [2.05, 4.69) is 11.9 Å². The van der Waals surface area contributed by atoms with E-state index in [-0.39, 0.29) is 11.8 Å². The first-order valence-corrected chi connectivity index (χ1v) is 5.77. The highest BCUT2D eigenvalue weighted by molar-refractivity contribution is 6.00. The van der Waals surface area contributed by atoms with Gasteiger partial charge < -0.3 is 14.8 Å². The van der Waals surface area contributed by atoms with Gasteiger partial charge in [-0.3, -0.25) is 4.79 Å². The Bertz CT molecular complexity index is 483. The predicted octanol–water partition coefficient (Wildman–Crippen LogP) is 1.95. The molecule has 1 aliphatic heterocycles. The molecule has 1 heterocycles. The van der Waals surface area contributed by atoms with Crippen molar-refractivity contribution in [2.75, 3.05) is 6.61 Å². The first-order valence-electron chi connectivity index (χ1n) is 5.77. The Labute approximate surface area is 106 Å². The minimum absolute atomic E-state index is 0.0711. The summed E-state index contributed by atoms with van der Waals surface area (Å²) in [7, 11) is 0. The SMILES string of the molecule is C=CC1=C(/C=C/OCC)OC2=CC(=O)C=CC2N1. The van der Waals surface area contributed by atoms with Crippen molar-refractivity contribution in [1.82, 2.24) is 5.32 Å². The van der Waals surface area contributed by atoms with E-state index in [9.17, 15) is 4.79 Å². The van der Waals surface area contributed by atoms with E-state index >= 15 is 0 Å². The zero-order chi connectivity index (χ0) is 13.0. The number of carbonyl (C=O) groups excluding carboxylic acids is 1. The lowest BCUT2D eigenvalue weighted by molar-refractivity contribution is -0.110. The van der Waals surface area contributed by atoms with Crippen molar-refractivity contribution in [3.05, 3.63) is 60.4 Å². The third-order valence-corrected chi connectivity index (χ3v) is 2.53. The number of nitrogens with one attached hydrogen (secondary N) is 1. The molecule has 1 aliphatic carbocycles. The molecule has 1 N–H and O–H groups in total.